The predicted molar refractivity (Wildman–Crippen MR) is 26.2 cm³/mol. The van der Waals surface area contributed by atoms with Crippen molar-refractivity contribution in [1.29, 1.82) is 0 Å². The molecular formula is C5H10Hg2O2. The first-order chi connectivity index (χ1) is 4.04. The molecule has 0 rings (SSSR count). The zero-order valence-corrected chi connectivity index (χ0v) is 16.8. The summed E-state index contributed by atoms with van der Waals surface area (Å²) in [5.41, 5.74) is -0.759. The van der Waals surface area contributed by atoms with Gasteiger partial charge in [-0.05, 0) is 0 Å². The number of hydrogen-bond acceptors (Lipinski definition) is 2. The van der Waals surface area contributed by atoms with Gasteiger partial charge in [0, 0.05) is 0 Å². The molecule has 2 nitrogen and oxygen atoms in total. The van der Waals surface area contributed by atoms with E-state index in [-0.39, 0.29) is 0 Å². The average molecular weight is 503 g/mol. The van der Waals surface area contributed by atoms with Gasteiger partial charge in [-0.25, -0.2) is 0 Å². The molecule has 0 fully saturated rings. The van der Waals surface area contributed by atoms with E-state index in [1.165, 1.54) is 0 Å². The van der Waals surface area contributed by atoms with Crippen molar-refractivity contribution in [3.8, 4) is 0 Å². The summed E-state index contributed by atoms with van der Waals surface area (Å²) < 4.78 is 1.66. The fraction of sp³-hybridized carbons (Fsp3) is 1.00. The second kappa shape index (κ2) is 4.62. The van der Waals surface area contributed by atoms with Crippen LogP contribution in [0.5, 0.6) is 0 Å². The predicted octanol–water partition coefficient (Wildman–Crippen LogP) is 0.0285. The molecule has 0 bridgehead atoms. The van der Waals surface area contributed by atoms with E-state index in [1.54, 1.807) is 6.92 Å². The van der Waals surface area contributed by atoms with Gasteiger partial charge in [0.1, 0.15) is 0 Å². The van der Waals surface area contributed by atoms with E-state index in [1.807, 2.05) is 0 Å². The van der Waals surface area contributed by atoms with Crippen LogP contribution in [-0.4, -0.2) is 21.9 Å². The van der Waals surface area contributed by atoms with Crippen LogP contribution in [0.25, 0.3) is 0 Å². The monoisotopic (exact) mass is 506 g/mol. The van der Waals surface area contributed by atoms with Crippen molar-refractivity contribution in [3.63, 3.8) is 0 Å². The van der Waals surface area contributed by atoms with E-state index in [2.05, 4.69) is 0 Å². The van der Waals surface area contributed by atoms with Gasteiger partial charge in [0.15, 0.2) is 0 Å². The molecule has 0 aromatic carbocycles. The summed E-state index contributed by atoms with van der Waals surface area (Å²) in [6.45, 7) is 1.73. The van der Waals surface area contributed by atoms with Crippen LogP contribution in [0.1, 0.15) is 6.92 Å². The Bertz CT molecular complexity index is 85.0. The molecule has 9 heavy (non-hydrogen) atoms. The van der Waals surface area contributed by atoms with Crippen molar-refractivity contribution < 1.29 is 62.5 Å². The molecule has 2 unspecified atom stereocenters. The molecule has 0 heterocycles. The van der Waals surface area contributed by atoms with Crippen molar-refractivity contribution in [2.45, 2.75) is 26.5 Å². The zero-order chi connectivity index (χ0) is 7.49. The number of hydrogen-bond donors (Lipinski definition) is 2. The first-order valence-electron chi connectivity index (χ1n) is 3.03. The molecule has 0 aliphatic carbocycles. The first kappa shape index (κ1) is 10.8. The summed E-state index contributed by atoms with van der Waals surface area (Å²) in [6.07, 6.45) is -0.446. The quantitative estimate of drug-likeness (QED) is 0.534. The van der Waals surface area contributed by atoms with Crippen LogP contribution in [0.3, 0.4) is 0 Å². The molecule has 0 saturated carbocycles. The molecular weight excluding hydrogens is 493 g/mol. The number of aliphatic hydroxyl groups excluding tert-OH is 1. The third-order valence-corrected chi connectivity index (χ3v) is 7.56. The molecule has 0 amide bonds. The molecule has 2 N–H and O–H groups in total. The summed E-state index contributed by atoms with van der Waals surface area (Å²) in [5, 5.41) is 18.6. The minimum absolute atomic E-state index is 0.446. The maximum absolute atomic E-state index is 9.42. The fourth-order valence-corrected chi connectivity index (χ4v) is 4.19. The SMILES string of the molecule is CC(O)([CH2][Hg])C(O)[CH2][Hg]. The van der Waals surface area contributed by atoms with Gasteiger partial charge in [0.2, 0.25) is 0 Å². The van der Waals surface area contributed by atoms with Gasteiger partial charge in [-0.1, -0.05) is 0 Å². The van der Waals surface area contributed by atoms with Crippen LogP contribution >= 0.6 is 0 Å². The molecule has 0 saturated heterocycles. The fourth-order valence-electron chi connectivity index (χ4n) is 0.478. The zero-order valence-electron chi connectivity index (χ0n) is 5.80. The Kier molecular flexibility index (Phi) is 5.54. The summed E-state index contributed by atoms with van der Waals surface area (Å²) in [4.78, 5) is 0. The van der Waals surface area contributed by atoms with Crippen LogP contribution in [0.4, 0.5) is 0 Å². The Morgan fingerprint density at radius 3 is 2.11 bits per heavy atom. The number of rotatable bonds is 3. The van der Waals surface area contributed by atoms with Crippen LogP contribution in [0.15, 0.2) is 0 Å². The summed E-state index contributed by atoms with van der Waals surface area (Å²) in [7, 11) is 0. The van der Waals surface area contributed by atoms with Crippen molar-refractivity contribution in [1.82, 2.24) is 0 Å². The molecule has 0 radical (unpaired) electrons. The van der Waals surface area contributed by atoms with Crippen molar-refractivity contribution in [3.05, 3.63) is 0 Å². The Morgan fingerprint density at radius 2 is 2.00 bits per heavy atom. The third kappa shape index (κ3) is 3.63. The molecule has 0 aromatic rings. The Labute approximate surface area is 88.0 Å². The summed E-state index contributed by atoms with van der Waals surface area (Å²) >= 11 is 1.20. The molecule has 0 aromatic heterocycles. The molecule has 4 heteroatoms. The molecule has 2 atom stereocenters. The minimum atomic E-state index is -0.759. The third-order valence-electron chi connectivity index (χ3n) is 1.50. The molecule has 0 spiro atoms. The van der Waals surface area contributed by atoms with E-state index in [0.29, 0.717) is 52.2 Å². The van der Waals surface area contributed by atoms with Gasteiger partial charge in [-0.2, -0.15) is 0 Å². The Morgan fingerprint density at radius 1 is 1.56 bits per heavy atom. The van der Waals surface area contributed by atoms with Gasteiger partial charge in [-0.3, -0.25) is 0 Å². The first-order valence-corrected chi connectivity index (χ1v) is 10.8. The number of aliphatic hydroxyl groups is 2. The van der Waals surface area contributed by atoms with Crippen LogP contribution in [-0.2, 0) is 52.2 Å². The summed E-state index contributed by atoms with van der Waals surface area (Å²) in [6, 6.07) is 0. The Hall–Kier alpha value is 1.79. The van der Waals surface area contributed by atoms with E-state index in [4.69, 9.17) is 0 Å². The Balaban J connectivity index is 3.80. The van der Waals surface area contributed by atoms with E-state index in [9.17, 15) is 10.2 Å². The second-order valence-electron chi connectivity index (χ2n) is 2.41. The average Bonchev–Trinajstić information content (AvgIpc) is 1.86. The standard InChI is InChI=1S/C5H10O2.2Hg/c1-4(6)5(2,3)7;;/h4,6-7H,1-2H2,3H3;;. The van der Waals surface area contributed by atoms with Crippen molar-refractivity contribution in [2.75, 3.05) is 0 Å². The summed E-state index contributed by atoms with van der Waals surface area (Å²) in [5.74, 6) is 0. The van der Waals surface area contributed by atoms with E-state index < -0.39 is 11.7 Å². The van der Waals surface area contributed by atoms with Crippen molar-refractivity contribution >= 4 is 0 Å². The van der Waals surface area contributed by atoms with Gasteiger partial charge in [0.05, 0.1) is 0 Å². The van der Waals surface area contributed by atoms with E-state index in [0.717, 1.165) is 7.86 Å². The van der Waals surface area contributed by atoms with E-state index >= 15 is 0 Å². The normalized spacial score (nSPS) is 21.2. The second-order valence-corrected chi connectivity index (χ2v) is 6.60. The molecule has 46 valence electrons. The van der Waals surface area contributed by atoms with Gasteiger partial charge in [0.25, 0.3) is 0 Å². The van der Waals surface area contributed by atoms with Crippen LogP contribution in [0.2, 0.25) is 7.86 Å². The van der Waals surface area contributed by atoms with Crippen LogP contribution < -0.4 is 0 Å². The maximum atomic E-state index is 9.42. The van der Waals surface area contributed by atoms with Gasteiger partial charge in [-0.15, -0.1) is 0 Å². The van der Waals surface area contributed by atoms with Gasteiger partial charge >= 0.3 is 88.9 Å². The topological polar surface area (TPSA) is 40.5 Å². The van der Waals surface area contributed by atoms with Crippen molar-refractivity contribution in [2.24, 2.45) is 0 Å². The van der Waals surface area contributed by atoms with Crippen LogP contribution in [0, 0.1) is 0 Å². The molecule has 0 aliphatic rings. The molecule has 0 aliphatic heterocycles. The van der Waals surface area contributed by atoms with Gasteiger partial charge < -0.3 is 0 Å².